The lowest BCUT2D eigenvalue weighted by molar-refractivity contribution is 0.242. The summed E-state index contributed by atoms with van der Waals surface area (Å²) in [4.78, 5) is 21.8. The molecule has 0 aliphatic rings. The van der Waals surface area contributed by atoms with Gasteiger partial charge in [-0.05, 0) is 36.4 Å². The first-order chi connectivity index (χ1) is 14.2. The van der Waals surface area contributed by atoms with Crippen molar-refractivity contribution in [1.82, 2.24) is 19.7 Å². The molecule has 0 atom stereocenters. The van der Waals surface area contributed by atoms with E-state index in [1.54, 1.807) is 42.0 Å². The summed E-state index contributed by atoms with van der Waals surface area (Å²) in [7, 11) is 1.61. The summed E-state index contributed by atoms with van der Waals surface area (Å²) in [5.74, 6) is 2.81. The van der Waals surface area contributed by atoms with E-state index in [0.717, 1.165) is 5.75 Å². The number of aryl methyl sites for hydroxylation is 1. The van der Waals surface area contributed by atoms with Gasteiger partial charge in [0.15, 0.2) is 12.4 Å². The van der Waals surface area contributed by atoms with Gasteiger partial charge in [0.25, 0.3) is 11.4 Å². The Balaban J connectivity index is 1.51. The van der Waals surface area contributed by atoms with E-state index >= 15 is 0 Å². The van der Waals surface area contributed by atoms with Gasteiger partial charge in [0.05, 0.1) is 24.6 Å². The van der Waals surface area contributed by atoms with Crippen molar-refractivity contribution in [3.8, 4) is 11.5 Å². The second-order valence-electron chi connectivity index (χ2n) is 6.36. The fourth-order valence-electron chi connectivity index (χ4n) is 3.02. The van der Waals surface area contributed by atoms with Gasteiger partial charge in [-0.3, -0.25) is 9.36 Å². The van der Waals surface area contributed by atoms with Crippen molar-refractivity contribution in [2.75, 3.05) is 7.11 Å². The second kappa shape index (κ2) is 8.14. The van der Waals surface area contributed by atoms with E-state index in [1.807, 2.05) is 25.1 Å². The monoisotopic (exact) mass is 392 g/mol. The average Bonchev–Trinajstić information content (AvgIpc) is 3.22. The molecule has 8 heteroatoms. The molecule has 8 nitrogen and oxygen atoms in total. The van der Waals surface area contributed by atoms with Crippen LogP contribution in [0.3, 0.4) is 0 Å². The summed E-state index contributed by atoms with van der Waals surface area (Å²) in [5.41, 5.74) is 0.570. The van der Waals surface area contributed by atoms with Crippen LogP contribution in [0.1, 0.15) is 24.5 Å². The molecule has 0 aliphatic heterocycles. The van der Waals surface area contributed by atoms with Crippen LogP contribution in [-0.2, 0) is 19.6 Å². The molecule has 0 saturated carbocycles. The number of nitrogens with zero attached hydrogens (tertiary/aromatic N) is 4. The van der Waals surface area contributed by atoms with Crippen molar-refractivity contribution >= 4 is 10.9 Å². The Bertz CT molecular complexity index is 1180. The number of rotatable bonds is 7. The van der Waals surface area contributed by atoms with Crippen molar-refractivity contribution in [2.45, 2.75) is 26.5 Å². The normalized spacial score (nSPS) is 11.0. The first-order valence-corrected chi connectivity index (χ1v) is 9.24. The summed E-state index contributed by atoms with van der Waals surface area (Å²) in [5, 5.41) is 4.54. The largest absolute Gasteiger partial charge is 0.497 e. The molecular weight excluding hydrogens is 372 g/mol. The van der Waals surface area contributed by atoms with Crippen molar-refractivity contribution in [3.05, 3.63) is 76.4 Å². The van der Waals surface area contributed by atoms with Gasteiger partial charge in [-0.1, -0.05) is 24.2 Å². The van der Waals surface area contributed by atoms with E-state index < -0.39 is 0 Å². The molecule has 0 aliphatic carbocycles. The molecule has 0 N–H and O–H groups in total. The Morgan fingerprint density at radius 3 is 2.55 bits per heavy atom. The molecule has 2 aromatic heterocycles. The van der Waals surface area contributed by atoms with Crippen LogP contribution < -0.4 is 15.0 Å². The molecule has 0 bridgehead atoms. The molecule has 0 amide bonds. The Morgan fingerprint density at radius 2 is 1.79 bits per heavy atom. The summed E-state index contributed by atoms with van der Waals surface area (Å²) >= 11 is 0. The fourth-order valence-corrected chi connectivity index (χ4v) is 3.02. The number of benzene rings is 2. The first-order valence-electron chi connectivity index (χ1n) is 9.24. The third-order valence-corrected chi connectivity index (χ3v) is 4.49. The zero-order valence-electron chi connectivity index (χ0n) is 16.2. The molecule has 0 unspecified atom stereocenters. The molecule has 2 aromatic carbocycles. The molecule has 148 valence electrons. The minimum Gasteiger partial charge on any atom is -0.497 e. The van der Waals surface area contributed by atoms with E-state index in [1.165, 1.54) is 0 Å². The number of hydrogen-bond donors (Lipinski definition) is 0. The quantitative estimate of drug-likeness (QED) is 0.477. The fraction of sp³-hybridized carbons (Fsp3) is 0.238. The first kappa shape index (κ1) is 18.7. The summed E-state index contributed by atoms with van der Waals surface area (Å²) in [6.45, 7) is 2.27. The highest BCUT2D eigenvalue weighted by atomic mass is 16.5. The van der Waals surface area contributed by atoms with Crippen LogP contribution in [-0.4, -0.2) is 26.8 Å². The standard InChI is InChI=1S/C21H20N4O4/c1-3-19-22-17-7-5-4-6-16(17)21(26)25(19)12-18-23-20(29-24-18)13-28-15-10-8-14(27-2)9-11-15/h4-11H,3,12-13H2,1-2H3. The van der Waals surface area contributed by atoms with E-state index in [2.05, 4.69) is 15.1 Å². The van der Waals surface area contributed by atoms with E-state index in [0.29, 0.717) is 40.6 Å². The van der Waals surface area contributed by atoms with Gasteiger partial charge in [-0.25, -0.2) is 4.98 Å². The van der Waals surface area contributed by atoms with Crippen LogP contribution >= 0.6 is 0 Å². The Hall–Kier alpha value is -3.68. The van der Waals surface area contributed by atoms with Crippen molar-refractivity contribution in [3.63, 3.8) is 0 Å². The van der Waals surface area contributed by atoms with Crippen LogP contribution in [0.15, 0.2) is 57.8 Å². The van der Waals surface area contributed by atoms with Crippen LogP contribution in [0.25, 0.3) is 10.9 Å². The highest BCUT2D eigenvalue weighted by molar-refractivity contribution is 5.77. The molecule has 0 spiro atoms. The van der Waals surface area contributed by atoms with Crippen LogP contribution in [0.4, 0.5) is 0 Å². The predicted molar refractivity (Wildman–Crippen MR) is 106 cm³/mol. The van der Waals surface area contributed by atoms with Gasteiger partial charge in [0.1, 0.15) is 17.3 Å². The Labute approximate surface area is 166 Å². The minimum atomic E-state index is -0.117. The lowest BCUT2D eigenvalue weighted by Crippen LogP contribution is -2.26. The van der Waals surface area contributed by atoms with E-state index in [9.17, 15) is 4.79 Å². The summed E-state index contributed by atoms with van der Waals surface area (Å²) in [6.07, 6.45) is 0.616. The smallest absolute Gasteiger partial charge is 0.264 e. The highest BCUT2D eigenvalue weighted by Gasteiger charge is 2.14. The lowest BCUT2D eigenvalue weighted by atomic mass is 10.2. The SMILES string of the molecule is CCc1nc2ccccc2c(=O)n1Cc1noc(COc2ccc(OC)cc2)n1. The molecule has 29 heavy (non-hydrogen) atoms. The van der Waals surface area contributed by atoms with Crippen molar-refractivity contribution in [1.29, 1.82) is 0 Å². The van der Waals surface area contributed by atoms with Crippen molar-refractivity contribution < 1.29 is 14.0 Å². The van der Waals surface area contributed by atoms with Crippen molar-refractivity contribution in [2.24, 2.45) is 0 Å². The third-order valence-electron chi connectivity index (χ3n) is 4.49. The maximum absolute atomic E-state index is 12.9. The second-order valence-corrected chi connectivity index (χ2v) is 6.36. The van der Waals surface area contributed by atoms with Gasteiger partial charge in [0, 0.05) is 6.42 Å². The highest BCUT2D eigenvalue weighted by Crippen LogP contribution is 2.18. The number of methoxy groups -OCH3 is 1. The van der Waals surface area contributed by atoms with E-state index in [-0.39, 0.29) is 18.7 Å². The van der Waals surface area contributed by atoms with Gasteiger partial charge in [-0.2, -0.15) is 4.98 Å². The van der Waals surface area contributed by atoms with Crippen LogP contribution in [0.2, 0.25) is 0 Å². The van der Waals surface area contributed by atoms with Crippen LogP contribution in [0, 0.1) is 0 Å². The van der Waals surface area contributed by atoms with Gasteiger partial charge in [0.2, 0.25) is 0 Å². The summed E-state index contributed by atoms with van der Waals surface area (Å²) in [6, 6.07) is 14.5. The lowest BCUT2D eigenvalue weighted by Gasteiger charge is -2.10. The van der Waals surface area contributed by atoms with Gasteiger partial charge < -0.3 is 14.0 Å². The predicted octanol–water partition coefficient (Wildman–Crippen LogP) is 2.98. The summed E-state index contributed by atoms with van der Waals surface area (Å²) < 4.78 is 17.6. The zero-order valence-corrected chi connectivity index (χ0v) is 16.2. The average molecular weight is 392 g/mol. The molecule has 4 rings (SSSR count). The molecule has 0 fully saturated rings. The number of fused-ring (bicyclic) bond motifs is 1. The van der Waals surface area contributed by atoms with Gasteiger partial charge in [-0.15, -0.1) is 0 Å². The molecular formula is C21H20N4O4. The number of hydrogen-bond acceptors (Lipinski definition) is 7. The maximum atomic E-state index is 12.9. The Kier molecular flexibility index (Phi) is 5.24. The van der Waals surface area contributed by atoms with Gasteiger partial charge >= 0.3 is 0 Å². The number of aromatic nitrogens is 4. The van der Waals surface area contributed by atoms with E-state index in [4.69, 9.17) is 14.0 Å². The molecule has 2 heterocycles. The molecule has 4 aromatic rings. The third kappa shape index (κ3) is 3.96. The molecule has 0 radical (unpaired) electrons. The molecule has 0 saturated heterocycles. The van der Waals surface area contributed by atoms with Crippen LogP contribution in [0.5, 0.6) is 11.5 Å². The zero-order chi connectivity index (χ0) is 20.2. The minimum absolute atomic E-state index is 0.117. The maximum Gasteiger partial charge on any atom is 0.264 e. The number of ether oxygens (including phenoxy) is 2. The topological polar surface area (TPSA) is 92.3 Å². The Morgan fingerprint density at radius 1 is 1.03 bits per heavy atom. The number of para-hydroxylation sites is 1.